The van der Waals surface area contributed by atoms with Crippen molar-refractivity contribution in [2.45, 2.75) is 159 Å². The van der Waals surface area contributed by atoms with Crippen molar-refractivity contribution in [1.82, 2.24) is 0 Å². The first-order valence-corrected chi connectivity index (χ1v) is 17.6. The van der Waals surface area contributed by atoms with Crippen molar-refractivity contribution in [3.05, 3.63) is 0 Å². The van der Waals surface area contributed by atoms with Crippen molar-refractivity contribution in [2.75, 3.05) is 0 Å². The number of rotatable bonds is 3. The lowest BCUT2D eigenvalue weighted by atomic mass is 9.44. The third-order valence-corrected chi connectivity index (χ3v) is 19.0. The van der Waals surface area contributed by atoms with E-state index < -0.39 is 0 Å². The lowest BCUT2D eigenvalue weighted by molar-refractivity contribution is -0.0952. The van der Waals surface area contributed by atoms with Gasteiger partial charge in [0.05, 0.1) is 0 Å². The lowest BCUT2D eigenvalue weighted by Gasteiger charge is -2.78. The second kappa shape index (κ2) is 6.26. The molecule has 0 aromatic heterocycles. The SMILES string of the molecule is CC12CC3CC(C)(C1)CC(P(C14CC5CC(CC(C5)C1)C4)C14CC5CC(C)(CC(C)(C5)C1)C4)(C3)C2. The molecule has 0 saturated heterocycles. The minimum absolute atomic E-state index is 0.0897. The van der Waals surface area contributed by atoms with Crippen molar-refractivity contribution in [2.24, 2.45) is 51.2 Å². The Hall–Kier alpha value is 0.430. The van der Waals surface area contributed by atoms with Crippen LogP contribution in [0, 0.1) is 51.2 Å². The van der Waals surface area contributed by atoms with Gasteiger partial charge in [-0.2, -0.15) is 0 Å². The van der Waals surface area contributed by atoms with Crippen LogP contribution in [0.1, 0.15) is 143 Å². The highest BCUT2D eigenvalue weighted by Gasteiger charge is 2.73. The molecule has 0 aromatic carbocycles. The molecule has 4 atom stereocenters. The molecule has 0 nitrogen and oxygen atoms in total. The molecule has 12 aliphatic carbocycles. The first-order valence-electron chi connectivity index (χ1n) is 16.2. The van der Waals surface area contributed by atoms with E-state index in [0.29, 0.717) is 21.7 Å². The molecule has 0 N–H and O–H groups in total. The molecular weight excluding hydrogens is 439 g/mol. The first kappa shape index (κ1) is 22.3. The maximum Gasteiger partial charge on any atom is -0.00715 e. The molecule has 0 spiro atoms. The first-order chi connectivity index (χ1) is 16.4. The van der Waals surface area contributed by atoms with Crippen LogP contribution in [-0.2, 0) is 0 Å². The van der Waals surface area contributed by atoms with Crippen molar-refractivity contribution in [3.63, 3.8) is 0 Å². The summed E-state index contributed by atoms with van der Waals surface area (Å²) in [6, 6.07) is 0. The summed E-state index contributed by atoms with van der Waals surface area (Å²) in [5, 5.41) is 2.34. The fourth-order valence-corrected chi connectivity index (χ4v) is 24.5. The van der Waals surface area contributed by atoms with E-state index in [-0.39, 0.29) is 7.92 Å². The van der Waals surface area contributed by atoms with Crippen LogP contribution in [0.5, 0.6) is 0 Å². The summed E-state index contributed by atoms with van der Waals surface area (Å²) in [6.07, 6.45) is 29.6. The van der Waals surface area contributed by atoms with Gasteiger partial charge in [0.1, 0.15) is 0 Å². The molecule has 0 aromatic rings. The third kappa shape index (κ3) is 2.92. The summed E-state index contributed by atoms with van der Waals surface area (Å²) in [4.78, 5) is 0. The van der Waals surface area contributed by atoms with E-state index >= 15 is 0 Å². The molecule has 35 heavy (non-hydrogen) atoms. The maximum atomic E-state index is 2.79. The summed E-state index contributed by atoms with van der Waals surface area (Å²) in [5.41, 5.74) is 2.75. The van der Waals surface area contributed by atoms with Gasteiger partial charge in [-0.15, -0.1) is 0 Å². The van der Waals surface area contributed by atoms with E-state index in [2.05, 4.69) is 27.7 Å². The number of hydrogen-bond donors (Lipinski definition) is 0. The van der Waals surface area contributed by atoms with Gasteiger partial charge in [-0.1, -0.05) is 35.6 Å². The van der Waals surface area contributed by atoms with Gasteiger partial charge in [0, 0.05) is 0 Å². The minimum atomic E-state index is 0.0897. The Morgan fingerprint density at radius 1 is 0.371 bits per heavy atom. The van der Waals surface area contributed by atoms with Gasteiger partial charge >= 0.3 is 0 Å². The van der Waals surface area contributed by atoms with E-state index in [0.717, 1.165) is 45.1 Å². The molecule has 0 aliphatic heterocycles. The van der Waals surface area contributed by atoms with Crippen LogP contribution in [-0.4, -0.2) is 15.5 Å². The van der Waals surface area contributed by atoms with Crippen LogP contribution < -0.4 is 0 Å². The lowest BCUT2D eigenvalue weighted by Crippen LogP contribution is -2.67. The average molecular weight is 493 g/mol. The Kier molecular flexibility index (Phi) is 3.98. The monoisotopic (exact) mass is 492 g/mol. The van der Waals surface area contributed by atoms with Crippen LogP contribution in [0.3, 0.4) is 0 Å². The van der Waals surface area contributed by atoms with Crippen molar-refractivity contribution in [1.29, 1.82) is 0 Å². The molecule has 4 unspecified atom stereocenters. The molecule has 12 bridgehead atoms. The van der Waals surface area contributed by atoms with Crippen molar-refractivity contribution >= 4 is 7.92 Å². The predicted molar refractivity (Wildman–Crippen MR) is 148 cm³/mol. The van der Waals surface area contributed by atoms with Crippen LogP contribution in [0.15, 0.2) is 0 Å². The summed E-state index contributed by atoms with van der Waals surface area (Å²) in [5.74, 6) is 5.56. The van der Waals surface area contributed by atoms with E-state index in [9.17, 15) is 0 Å². The molecule has 12 saturated carbocycles. The molecule has 0 amide bonds. The largest absolute Gasteiger partial charge is 0.0875 e. The summed E-state index contributed by atoms with van der Waals surface area (Å²) in [6.45, 7) is 11.2. The highest BCUT2D eigenvalue weighted by atomic mass is 31.1. The third-order valence-electron chi connectivity index (χ3n) is 14.6. The fourth-order valence-electron chi connectivity index (χ4n) is 17.1. The Morgan fingerprint density at radius 2 is 0.686 bits per heavy atom. The van der Waals surface area contributed by atoms with E-state index in [1.807, 2.05) is 0 Å². The van der Waals surface area contributed by atoms with Crippen LogP contribution >= 0.6 is 7.92 Å². The highest BCUT2D eigenvalue weighted by molar-refractivity contribution is 7.62. The Labute approximate surface area is 217 Å². The minimum Gasteiger partial charge on any atom is -0.0875 e. The number of hydrogen-bond acceptors (Lipinski definition) is 0. The van der Waals surface area contributed by atoms with Gasteiger partial charge in [0.25, 0.3) is 0 Å². The Bertz CT molecular complexity index is 848. The molecule has 12 rings (SSSR count). The van der Waals surface area contributed by atoms with E-state index in [4.69, 9.17) is 0 Å². The standard InChI is InChI=1S/C34H53P/c1-28-8-26-9-29(2,17-28)20-33(15-26,19-28)35(32-12-23-5-24(13-32)7-25(6-23)14-32)34-16-27-10-30(3,21-34)18-31(4,11-27)22-34/h23-27H,5-22H2,1-4H3. The smallest absolute Gasteiger partial charge is 0.00715 e. The fraction of sp³-hybridized carbons (Fsp3) is 1.00. The Morgan fingerprint density at radius 3 is 1.00 bits per heavy atom. The molecule has 1 heteroatoms. The summed E-state index contributed by atoms with van der Waals surface area (Å²) >= 11 is 0. The van der Waals surface area contributed by atoms with Gasteiger partial charge in [-0.05, 0) is 182 Å². The zero-order valence-corrected chi connectivity index (χ0v) is 24.5. The molecule has 12 aliphatic rings. The van der Waals surface area contributed by atoms with Crippen molar-refractivity contribution < 1.29 is 0 Å². The average Bonchev–Trinajstić information content (AvgIpc) is 2.59. The predicted octanol–water partition coefficient (Wildman–Crippen LogP) is 9.94. The van der Waals surface area contributed by atoms with Gasteiger partial charge < -0.3 is 0 Å². The molecule has 0 heterocycles. The van der Waals surface area contributed by atoms with Gasteiger partial charge in [-0.3, -0.25) is 0 Å². The maximum absolute atomic E-state index is 2.79. The normalized spacial score (nSPS) is 68.1. The summed E-state index contributed by atoms with van der Waals surface area (Å²) < 4.78 is 0. The zero-order chi connectivity index (χ0) is 23.7. The van der Waals surface area contributed by atoms with Gasteiger partial charge in [-0.25, -0.2) is 0 Å². The molecule has 194 valence electrons. The molecule has 0 radical (unpaired) electrons. The topological polar surface area (TPSA) is 0 Å². The molecule has 12 fully saturated rings. The summed E-state index contributed by atoms with van der Waals surface area (Å²) in [7, 11) is 0.0897. The van der Waals surface area contributed by atoms with Crippen LogP contribution in [0.25, 0.3) is 0 Å². The molecular formula is C34H53P. The van der Waals surface area contributed by atoms with Gasteiger partial charge in [0.2, 0.25) is 0 Å². The van der Waals surface area contributed by atoms with E-state index in [1.54, 1.807) is 116 Å². The second-order valence-corrected chi connectivity index (χ2v) is 22.7. The van der Waals surface area contributed by atoms with Gasteiger partial charge in [0.15, 0.2) is 0 Å². The van der Waals surface area contributed by atoms with Crippen LogP contribution in [0.4, 0.5) is 0 Å². The van der Waals surface area contributed by atoms with Crippen molar-refractivity contribution in [3.8, 4) is 0 Å². The second-order valence-electron chi connectivity index (χ2n) is 19.2. The quantitative estimate of drug-likeness (QED) is 0.344. The zero-order valence-electron chi connectivity index (χ0n) is 23.6. The van der Waals surface area contributed by atoms with Crippen LogP contribution in [0.2, 0.25) is 0 Å². The van der Waals surface area contributed by atoms with E-state index in [1.165, 1.54) is 0 Å². The highest BCUT2D eigenvalue weighted by Crippen LogP contribution is 2.89. The Balaban J connectivity index is 1.25.